The van der Waals surface area contributed by atoms with Crippen molar-refractivity contribution >= 4 is 0 Å². The van der Waals surface area contributed by atoms with Crippen molar-refractivity contribution in [1.29, 1.82) is 0 Å². The summed E-state index contributed by atoms with van der Waals surface area (Å²) in [6.45, 7) is 3.11. The molecule has 1 heterocycles. The van der Waals surface area contributed by atoms with Gasteiger partial charge in [0, 0.05) is 37.9 Å². The van der Waals surface area contributed by atoms with E-state index in [0.717, 1.165) is 18.7 Å². The lowest BCUT2D eigenvalue weighted by Crippen LogP contribution is -2.22. The van der Waals surface area contributed by atoms with Gasteiger partial charge in [-0.05, 0) is 30.7 Å². The van der Waals surface area contributed by atoms with Gasteiger partial charge < -0.3 is 10.1 Å². The highest BCUT2D eigenvalue weighted by molar-refractivity contribution is 5.28. The molecule has 0 bridgehead atoms. The summed E-state index contributed by atoms with van der Waals surface area (Å²) in [5, 5.41) is 7.69. The van der Waals surface area contributed by atoms with E-state index in [1.165, 1.54) is 11.3 Å². The van der Waals surface area contributed by atoms with Crippen LogP contribution in [0.1, 0.15) is 24.2 Å². The Labute approximate surface area is 114 Å². The molecule has 0 aliphatic rings. The Kier molecular flexibility index (Phi) is 4.58. The van der Waals surface area contributed by atoms with E-state index in [4.69, 9.17) is 4.74 Å². The number of aromatic nitrogens is 2. The van der Waals surface area contributed by atoms with Crippen molar-refractivity contribution in [2.75, 3.05) is 13.7 Å². The number of ether oxygens (including phenoxy) is 1. The molecule has 4 heteroatoms. The topological polar surface area (TPSA) is 39.1 Å². The predicted molar refractivity (Wildman–Crippen MR) is 76.3 cm³/mol. The Balaban J connectivity index is 1.83. The maximum absolute atomic E-state index is 5.16. The fourth-order valence-corrected chi connectivity index (χ4v) is 2.07. The molecule has 0 spiro atoms. The number of methoxy groups -OCH3 is 1. The van der Waals surface area contributed by atoms with Crippen LogP contribution in [0.3, 0.4) is 0 Å². The Hall–Kier alpha value is -1.81. The van der Waals surface area contributed by atoms with Crippen LogP contribution < -0.4 is 10.1 Å². The summed E-state index contributed by atoms with van der Waals surface area (Å²) < 4.78 is 7.08. The molecular weight excluding hydrogens is 238 g/mol. The van der Waals surface area contributed by atoms with Crippen LogP contribution in [-0.2, 0) is 13.5 Å². The van der Waals surface area contributed by atoms with Crippen LogP contribution in [0.5, 0.6) is 5.75 Å². The number of hydrogen-bond donors (Lipinski definition) is 1. The average Bonchev–Trinajstić information content (AvgIpc) is 2.84. The summed E-state index contributed by atoms with van der Waals surface area (Å²) in [5.41, 5.74) is 2.51. The van der Waals surface area contributed by atoms with E-state index in [2.05, 4.69) is 35.5 Å². The van der Waals surface area contributed by atoms with E-state index < -0.39 is 0 Å². The quantitative estimate of drug-likeness (QED) is 0.865. The minimum atomic E-state index is 0.333. The monoisotopic (exact) mass is 259 g/mol. The zero-order valence-corrected chi connectivity index (χ0v) is 11.8. The first-order valence-corrected chi connectivity index (χ1v) is 6.55. The SMILES string of the molecule is COc1ccc([C@H](C)NCCc2ccnn2C)cc1. The number of benzene rings is 1. The lowest BCUT2D eigenvalue weighted by molar-refractivity contribution is 0.414. The largest absolute Gasteiger partial charge is 0.497 e. The smallest absolute Gasteiger partial charge is 0.118 e. The molecule has 4 nitrogen and oxygen atoms in total. The molecule has 0 saturated carbocycles. The summed E-state index contributed by atoms with van der Waals surface area (Å²) >= 11 is 0. The molecule has 0 radical (unpaired) electrons. The minimum absolute atomic E-state index is 0.333. The molecule has 2 aromatic rings. The second kappa shape index (κ2) is 6.38. The molecule has 102 valence electrons. The van der Waals surface area contributed by atoms with Gasteiger partial charge in [0.2, 0.25) is 0 Å². The Bertz CT molecular complexity index is 504. The maximum atomic E-state index is 5.16. The van der Waals surface area contributed by atoms with Crippen LogP contribution in [0.4, 0.5) is 0 Å². The third-order valence-electron chi connectivity index (χ3n) is 3.37. The number of nitrogens with zero attached hydrogens (tertiary/aromatic N) is 2. The molecular formula is C15H21N3O. The fourth-order valence-electron chi connectivity index (χ4n) is 2.07. The number of hydrogen-bond acceptors (Lipinski definition) is 3. The first kappa shape index (κ1) is 13.6. The second-order valence-electron chi connectivity index (χ2n) is 4.65. The van der Waals surface area contributed by atoms with Crippen molar-refractivity contribution in [2.24, 2.45) is 7.05 Å². The molecule has 19 heavy (non-hydrogen) atoms. The highest BCUT2D eigenvalue weighted by atomic mass is 16.5. The lowest BCUT2D eigenvalue weighted by Gasteiger charge is -2.14. The number of nitrogens with one attached hydrogen (secondary N) is 1. The van der Waals surface area contributed by atoms with Crippen LogP contribution in [-0.4, -0.2) is 23.4 Å². The second-order valence-corrected chi connectivity index (χ2v) is 4.65. The van der Waals surface area contributed by atoms with Crippen LogP contribution in [0, 0.1) is 0 Å². The predicted octanol–water partition coefficient (Wildman–Crippen LogP) is 2.32. The summed E-state index contributed by atoms with van der Waals surface area (Å²) in [6, 6.07) is 10.6. The van der Waals surface area contributed by atoms with Gasteiger partial charge >= 0.3 is 0 Å². The van der Waals surface area contributed by atoms with Crippen molar-refractivity contribution in [3.8, 4) is 5.75 Å². The normalized spacial score (nSPS) is 12.4. The molecule has 0 aliphatic carbocycles. The molecule has 1 N–H and O–H groups in total. The van der Waals surface area contributed by atoms with E-state index >= 15 is 0 Å². The highest BCUT2D eigenvalue weighted by Gasteiger charge is 2.05. The van der Waals surface area contributed by atoms with Gasteiger partial charge in [-0.1, -0.05) is 12.1 Å². The van der Waals surface area contributed by atoms with Crippen LogP contribution in [0.15, 0.2) is 36.5 Å². The fraction of sp³-hybridized carbons (Fsp3) is 0.400. The molecule has 0 fully saturated rings. The Morgan fingerprint density at radius 3 is 2.58 bits per heavy atom. The van der Waals surface area contributed by atoms with Gasteiger partial charge in [0.25, 0.3) is 0 Å². The molecule has 0 unspecified atom stereocenters. The van der Waals surface area contributed by atoms with Gasteiger partial charge in [0.05, 0.1) is 7.11 Å². The third kappa shape index (κ3) is 3.58. The van der Waals surface area contributed by atoms with Crippen LogP contribution in [0.25, 0.3) is 0 Å². The van der Waals surface area contributed by atoms with Gasteiger partial charge in [-0.15, -0.1) is 0 Å². The van der Waals surface area contributed by atoms with Crippen molar-refractivity contribution in [1.82, 2.24) is 15.1 Å². The van der Waals surface area contributed by atoms with Crippen LogP contribution in [0.2, 0.25) is 0 Å². The van der Waals surface area contributed by atoms with E-state index in [-0.39, 0.29) is 0 Å². The average molecular weight is 259 g/mol. The van der Waals surface area contributed by atoms with Gasteiger partial charge in [-0.25, -0.2) is 0 Å². The standard InChI is InChI=1S/C15H21N3O/c1-12(13-4-6-15(19-3)7-5-13)16-10-8-14-9-11-17-18(14)2/h4-7,9,11-12,16H,8,10H2,1-3H3/t12-/m0/s1. The maximum Gasteiger partial charge on any atom is 0.118 e. The van der Waals surface area contributed by atoms with E-state index in [0.29, 0.717) is 6.04 Å². The summed E-state index contributed by atoms with van der Waals surface area (Å²) in [6.07, 6.45) is 2.82. The Morgan fingerprint density at radius 1 is 1.26 bits per heavy atom. The van der Waals surface area contributed by atoms with Gasteiger partial charge in [-0.3, -0.25) is 4.68 Å². The summed E-state index contributed by atoms with van der Waals surface area (Å²) in [7, 11) is 3.66. The van der Waals surface area contributed by atoms with E-state index in [9.17, 15) is 0 Å². The summed E-state index contributed by atoms with van der Waals surface area (Å²) in [4.78, 5) is 0. The van der Waals surface area contributed by atoms with E-state index in [1.807, 2.05) is 30.1 Å². The molecule has 0 amide bonds. The first-order valence-electron chi connectivity index (χ1n) is 6.55. The molecule has 1 aromatic heterocycles. The Morgan fingerprint density at radius 2 is 2.00 bits per heavy atom. The van der Waals surface area contributed by atoms with Crippen molar-refractivity contribution in [3.63, 3.8) is 0 Å². The zero-order valence-electron chi connectivity index (χ0n) is 11.8. The zero-order chi connectivity index (χ0) is 13.7. The van der Waals surface area contributed by atoms with Crippen molar-refractivity contribution in [3.05, 3.63) is 47.8 Å². The number of aryl methyl sites for hydroxylation is 1. The van der Waals surface area contributed by atoms with E-state index in [1.54, 1.807) is 7.11 Å². The summed E-state index contributed by atoms with van der Waals surface area (Å²) in [5.74, 6) is 0.894. The van der Waals surface area contributed by atoms with Crippen molar-refractivity contribution < 1.29 is 4.74 Å². The lowest BCUT2D eigenvalue weighted by atomic mass is 10.1. The molecule has 1 atom stereocenters. The van der Waals surface area contributed by atoms with Crippen molar-refractivity contribution in [2.45, 2.75) is 19.4 Å². The third-order valence-corrected chi connectivity index (χ3v) is 3.37. The molecule has 2 rings (SSSR count). The molecule has 0 aliphatic heterocycles. The first-order chi connectivity index (χ1) is 9.20. The molecule has 0 saturated heterocycles. The number of rotatable bonds is 6. The van der Waals surface area contributed by atoms with Gasteiger partial charge in [0.15, 0.2) is 0 Å². The minimum Gasteiger partial charge on any atom is -0.497 e. The van der Waals surface area contributed by atoms with Gasteiger partial charge in [-0.2, -0.15) is 5.10 Å². The van der Waals surface area contributed by atoms with Crippen LogP contribution >= 0.6 is 0 Å². The van der Waals surface area contributed by atoms with Gasteiger partial charge in [0.1, 0.15) is 5.75 Å². The highest BCUT2D eigenvalue weighted by Crippen LogP contribution is 2.17. The molecule has 1 aromatic carbocycles.